The zero-order valence-electron chi connectivity index (χ0n) is 23.2. The minimum atomic E-state index is -0.853. The maximum atomic E-state index is 7.35. The lowest BCUT2D eigenvalue weighted by molar-refractivity contribution is 0.154. The van der Waals surface area contributed by atoms with Crippen LogP contribution in [-0.2, 0) is 5.60 Å². The third kappa shape index (κ3) is 4.56. The zero-order chi connectivity index (χ0) is 28.8. The predicted octanol–water partition coefficient (Wildman–Crippen LogP) is 10.7. The van der Waals surface area contributed by atoms with Crippen LogP contribution in [-0.4, -0.2) is 0 Å². The molecule has 0 amide bonds. The average molecular weight is 607 g/mol. The molecule has 0 spiro atoms. The lowest BCUT2D eigenvalue weighted by Gasteiger charge is -2.40. The molecule has 0 saturated carbocycles. The standard InChI is InChI=1S/C39H27OPS2/c41-34-24-31(28-14-8-3-9-15-28)23-33(25-34)39(35-16-18-42-37(35)38-36(40-39)17-19-43-38)32-21-29(26-10-4-1-5-11-26)20-30(22-32)27-12-6-2-7-13-27/h1-25H,41H2. The van der Waals surface area contributed by atoms with E-state index in [-0.39, 0.29) is 0 Å². The molecule has 0 N–H and O–H groups in total. The molecule has 0 fully saturated rings. The van der Waals surface area contributed by atoms with E-state index in [1.165, 1.54) is 37.6 Å². The first kappa shape index (κ1) is 26.4. The van der Waals surface area contributed by atoms with Gasteiger partial charge in [-0.1, -0.05) is 91.0 Å². The van der Waals surface area contributed by atoms with Crippen molar-refractivity contribution in [2.45, 2.75) is 5.60 Å². The molecule has 3 heterocycles. The summed E-state index contributed by atoms with van der Waals surface area (Å²) in [6, 6.07) is 50.1. The van der Waals surface area contributed by atoms with Crippen molar-refractivity contribution in [3.05, 3.63) is 167 Å². The third-order valence-electron chi connectivity index (χ3n) is 8.17. The summed E-state index contributed by atoms with van der Waals surface area (Å²) in [5.74, 6) is 0.932. The normalized spacial score (nSPS) is 15.4. The van der Waals surface area contributed by atoms with Gasteiger partial charge in [0.2, 0.25) is 0 Å². The Morgan fingerprint density at radius 1 is 0.465 bits per heavy atom. The van der Waals surface area contributed by atoms with Crippen LogP contribution in [0.2, 0.25) is 0 Å². The van der Waals surface area contributed by atoms with Crippen molar-refractivity contribution < 1.29 is 4.74 Å². The Morgan fingerprint density at radius 3 is 1.53 bits per heavy atom. The quantitative estimate of drug-likeness (QED) is 0.177. The molecule has 1 aliphatic heterocycles. The molecule has 0 aliphatic carbocycles. The number of benzene rings is 5. The van der Waals surface area contributed by atoms with Crippen LogP contribution >= 0.6 is 31.9 Å². The van der Waals surface area contributed by atoms with E-state index >= 15 is 0 Å². The molecule has 1 nitrogen and oxygen atoms in total. The summed E-state index contributed by atoms with van der Waals surface area (Å²) in [5, 5.41) is 5.47. The molecular formula is C39H27OPS2. The monoisotopic (exact) mass is 606 g/mol. The maximum Gasteiger partial charge on any atom is 0.186 e. The fourth-order valence-electron chi connectivity index (χ4n) is 6.20. The van der Waals surface area contributed by atoms with E-state index in [4.69, 9.17) is 4.74 Å². The highest BCUT2D eigenvalue weighted by atomic mass is 32.1. The molecule has 206 valence electrons. The summed E-state index contributed by atoms with van der Waals surface area (Å²) in [5.41, 5.74) is 9.60. The van der Waals surface area contributed by atoms with Crippen LogP contribution in [0.4, 0.5) is 0 Å². The van der Waals surface area contributed by atoms with Gasteiger partial charge < -0.3 is 4.74 Å². The second-order valence-corrected chi connectivity index (χ2v) is 13.3. The summed E-state index contributed by atoms with van der Waals surface area (Å²) < 4.78 is 7.35. The van der Waals surface area contributed by atoms with E-state index in [0.717, 1.165) is 33.3 Å². The number of hydrogen-bond acceptors (Lipinski definition) is 3. The molecule has 43 heavy (non-hydrogen) atoms. The summed E-state index contributed by atoms with van der Waals surface area (Å²) >= 11 is 3.54. The molecule has 0 bridgehead atoms. The summed E-state index contributed by atoms with van der Waals surface area (Å²) in [7, 11) is 2.94. The van der Waals surface area contributed by atoms with Gasteiger partial charge in [0.05, 0.1) is 9.75 Å². The van der Waals surface area contributed by atoms with Crippen LogP contribution in [0.3, 0.4) is 0 Å². The van der Waals surface area contributed by atoms with Crippen LogP contribution < -0.4 is 10.0 Å². The molecule has 2 unspecified atom stereocenters. The molecule has 2 aromatic heterocycles. The SMILES string of the molecule is Pc1cc(-c2ccccc2)cc(C2(c3cc(-c4ccccc4)cc(-c4ccccc4)c3)Oc3ccsc3-c3sccc32)c1. The smallest absolute Gasteiger partial charge is 0.186 e. The first-order chi connectivity index (χ1) is 21.2. The number of fused-ring (bicyclic) bond motifs is 3. The summed E-state index contributed by atoms with van der Waals surface area (Å²) in [4.78, 5) is 2.48. The van der Waals surface area contributed by atoms with Gasteiger partial charge in [-0.3, -0.25) is 0 Å². The lowest BCUT2D eigenvalue weighted by atomic mass is 9.76. The van der Waals surface area contributed by atoms with Crippen LogP contribution in [0, 0.1) is 0 Å². The molecule has 5 aromatic carbocycles. The third-order valence-corrected chi connectivity index (χ3v) is 10.5. The maximum absolute atomic E-state index is 7.35. The van der Waals surface area contributed by atoms with Gasteiger partial charge in [-0.15, -0.1) is 31.9 Å². The van der Waals surface area contributed by atoms with Gasteiger partial charge in [0.1, 0.15) is 5.75 Å². The largest absolute Gasteiger partial charge is 0.471 e. The highest BCUT2D eigenvalue weighted by molar-refractivity contribution is 7.27. The van der Waals surface area contributed by atoms with Gasteiger partial charge in [-0.05, 0) is 98.0 Å². The molecule has 0 saturated heterocycles. The highest BCUT2D eigenvalue weighted by Crippen LogP contribution is 2.56. The van der Waals surface area contributed by atoms with E-state index in [1.807, 2.05) is 0 Å². The van der Waals surface area contributed by atoms with Crippen molar-refractivity contribution >= 4 is 37.2 Å². The van der Waals surface area contributed by atoms with Crippen molar-refractivity contribution in [3.8, 4) is 48.9 Å². The molecule has 7 aromatic rings. The number of thiophene rings is 2. The Bertz CT molecular complexity index is 2000. The Hall–Kier alpha value is -4.27. The van der Waals surface area contributed by atoms with E-state index < -0.39 is 5.60 Å². The minimum Gasteiger partial charge on any atom is -0.471 e. The Balaban J connectivity index is 1.46. The molecule has 8 rings (SSSR count). The second-order valence-electron chi connectivity index (χ2n) is 10.8. The fraction of sp³-hybridized carbons (Fsp3) is 0.0256. The van der Waals surface area contributed by atoms with Crippen molar-refractivity contribution in [1.82, 2.24) is 0 Å². The Morgan fingerprint density at radius 2 is 0.953 bits per heavy atom. The first-order valence-electron chi connectivity index (χ1n) is 14.3. The number of hydrogen-bond donors (Lipinski definition) is 0. The van der Waals surface area contributed by atoms with E-state index in [2.05, 4.69) is 160 Å². The molecule has 2 atom stereocenters. The van der Waals surface area contributed by atoms with Gasteiger partial charge in [-0.25, -0.2) is 0 Å². The molecule has 4 heteroatoms. The predicted molar refractivity (Wildman–Crippen MR) is 187 cm³/mol. The van der Waals surface area contributed by atoms with Crippen molar-refractivity contribution in [2.24, 2.45) is 0 Å². The van der Waals surface area contributed by atoms with Crippen LogP contribution in [0.25, 0.3) is 43.1 Å². The van der Waals surface area contributed by atoms with Crippen molar-refractivity contribution in [1.29, 1.82) is 0 Å². The van der Waals surface area contributed by atoms with Crippen LogP contribution in [0.5, 0.6) is 5.75 Å². The van der Waals surface area contributed by atoms with Gasteiger partial charge in [0, 0.05) is 16.7 Å². The summed E-state index contributed by atoms with van der Waals surface area (Å²) in [6.45, 7) is 0. The number of rotatable bonds is 5. The van der Waals surface area contributed by atoms with Gasteiger partial charge in [-0.2, -0.15) is 0 Å². The van der Waals surface area contributed by atoms with Crippen LogP contribution in [0.15, 0.2) is 150 Å². The molecule has 0 radical (unpaired) electrons. The zero-order valence-corrected chi connectivity index (χ0v) is 26.0. The van der Waals surface area contributed by atoms with Gasteiger partial charge in [0.25, 0.3) is 0 Å². The Kier molecular flexibility index (Phi) is 6.61. The topological polar surface area (TPSA) is 9.23 Å². The molecular weight excluding hydrogens is 580 g/mol. The highest BCUT2D eigenvalue weighted by Gasteiger charge is 2.46. The van der Waals surface area contributed by atoms with E-state index in [1.54, 1.807) is 22.7 Å². The second kappa shape index (κ2) is 10.8. The lowest BCUT2D eigenvalue weighted by Crippen LogP contribution is -2.38. The fourth-order valence-corrected chi connectivity index (χ4v) is 8.50. The van der Waals surface area contributed by atoms with Gasteiger partial charge in [0.15, 0.2) is 5.60 Å². The van der Waals surface area contributed by atoms with E-state index in [0.29, 0.717) is 0 Å². The Labute approximate surface area is 262 Å². The van der Waals surface area contributed by atoms with Crippen molar-refractivity contribution in [3.63, 3.8) is 0 Å². The van der Waals surface area contributed by atoms with Gasteiger partial charge >= 0.3 is 0 Å². The average Bonchev–Trinajstić information content (AvgIpc) is 3.75. The first-order valence-corrected chi connectivity index (χ1v) is 16.6. The van der Waals surface area contributed by atoms with Crippen LogP contribution in [0.1, 0.15) is 16.7 Å². The number of ether oxygens (including phenoxy) is 1. The van der Waals surface area contributed by atoms with Crippen molar-refractivity contribution in [2.75, 3.05) is 0 Å². The minimum absolute atomic E-state index is 0.853. The molecule has 1 aliphatic rings. The summed E-state index contributed by atoms with van der Waals surface area (Å²) in [6.07, 6.45) is 0. The van der Waals surface area contributed by atoms with E-state index in [9.17, 15) is 0 Å².